The van der Waals surface area contributed by atoms with Gasteiger partial charge in [0, 0.05) is 6.04 Å². The SMILES string of the molecule is CCC(CC)NC(=O)C(C)NCCc1ccccc1. The minimum Gasteiger partial charge on any atom is -0.352 e. The molecule has 2 N–H and O–H groups in total. The molecule has 0 heterocycles. The molecule has 0 aromatic heterocycles. The van der Waals surface area contributed by atoms with Crippen molar-refractivity contribution < 1.29 is 4.79 Å². The Balaban J connectivity index is 2.27. The molecule has 0 saturated heterocycles. The van der Waals surface area contributed by atoms with E-state index >= 15 is 0 Å². The van der Waals surface area contributed by atoms with Gasteiger partial charge >= 0.3 is 0 Å². The second kappa shape index (κ2) is 8.70. The fraction of sp³-hybridized carbons (Fsp3) is 0.562. The molecular formula is C16H26N2O. The number of hydrogen-bond donors (Lipinski definition) is 2. The number of nitrogens with one attached hydrogen (secondary N) is 2. The predicted octanol–water partition coefficient (Wildman–Crippen LogP) is 2.51. The Kier molecular flexibility index (Phi) is 7.19. The Morgan fingerprint density at radius 3 is 2.37 bits per heavy atom. The van der Waals surface area contributed by atoms with Gasteiger partial charge in [-0.05, 0) is 38.3 Å². The molecule has 19 heavy (non-hydrogen) atoms. The molecule has 0 fully saturated rings. The first-order valence-electron chi connectivity index (χ1n) is 7.25. The summed E-state index contributed by atoms with van der Waals surface area (Å²) in [5.74, 6) is 0.0989. The Bertz CT molecular complexity index is 360. The minimum absolute atomic E-state index is 0.0989. The molecule has 1 atom stereocenters. The molecule has 106 valence electrons. The molecule has 0 aliphatic heterocycles. The van der Waals surface area contributed by atoms with Crippen LogP contribution in [0, 0.1) is 0 Å². The quantitative estimate of drug-likeness (QED) is 0.756. The zero-order valence-electron chi connectivity index (χ0n) is 12.3. The zero-order chi connectivity index (χ0) is 14.1. The summed E-state index contributed by atoms with van der Waals surface area (Å²) in [5, 5.41) is 6.34. The van der Waals surface area contributed by atoms with Crippen LogP contribution in [0.15, 0.2) is 30.3 Å². The fourth-order valence-corrected chi connectivity index (χ4v) is 1.99. The number of carbonyl (C=O) groups excluding carboxylic acids is 1. The molecule has 0 saturated carbocycles. The maximum Gasteiger partial charge on any atom is 0.237 e. The van der Waals surface area contributed by atoms with E-state index in [1.165, 1.54) is 5.56 Å². The zero-order valence-corrected chi connectivity index (χ0v) is 12.3. The lowest BCUT2D eigenvalue weighted by molar-refractivity contribution is -0.123. The summed E-state index contributed by atoms with van der Waals surface area (Å²) in [7, 11) is 0. The molecule has 0 aliphatic rings. The Morgan fingerprint density at radius 1 is 1.16 bits per heavy atom. The third-order valence-corrected chi connectivity index (χ3v) is 3.43. The number of amides is 1. The van der Waals surface area contributed by atoms with Crippen molar-refractivity contribution in [2.75, 3.05) is 6.54 Å². The molecule has 0 radical (unpaired) electrons. The summed E-state index contributed by atoms with van der Waals surface area (Å²) in [5.41, 5.74) is 1.29. The standard InChI is InChI=1S/C16H26N2O/c1-4-15(5-2)18-16(19)13(3)17-12-11-14-9-7-6-8-10-14/h6-10,13,15,17H,4-5,11-12H2,1-3H3,(H,18,19). The molecule has 1 aromatic rings. The molecule has 0 spiro atoms. The first-order chi connectivity index (χ1) is 9.17. The smallest absolute Gasteiger partial charge is 0.237 e. The molecule has 3 heteroatoms. The first-order valence-corrected chi connectivity index (χ1v) is 7.25. The van der Waals surface area contributed by atoms with E-state index in [9.17, 15) is 4.79 Å². The lowest BCUT2D eigenvalue weighted by atomic mass is 10.1. The van der Waals surface area contributed by atoms with Crippen molar-refractivity contribution >= 4 is 5.91 Å². The van der Waals surface area contributed by atoms with Gasteiger partial charge in [-0.2, -0.15) is 0 Å². The van der Waals surface area contributed by atoms with Crippen LogP contribution in [0.3, 0.4) is 0 Å². The van der Waals surface area contributed by atoms with Crippen molar-refractivity contribution in [3.05, 3.63) is 35.9 Å². The highest BCUT2D eigenvalue weighted by Crippen LogP contribution is 1.99. The van der Waals surface area contributed by atoms with Crippen LogP contribution in [0.1, 0.15) is 39.2 Å². The highest BCUT2D eigenvalue weighted by atomic mass is 16.2. The monoisotopic (exact) mass is 262 g/mol. The van der Waals surface area contributed by atoms with Crippen LogP contribution in [-0.4, -0.2) is 24.5 Å². The average Bonchev–Trinajstić information content (AvgIpc) is 2.45. The Labute approximate surface area is 116 Å². The van der Waals surface area contributed by atoms with E-state index in [0.29, 0.717) is 6.04 Å². The van der Waals surface area contributed by atoms with Gasteiger partial charge in [0.15, 0.2) is 0 Å². The van der Waals surface area contributed by atoms with E-state index in [-0.39, 0.29) is 11.9 Å². The van der Waals surface area contributed by atoms with Crippen LogP contribution in [0.2, 0.25) is 0 Å². The lowest BCUT2D eigenvalue weighted by Crippen LogP contribution is -2.46. The Hall–Kier alpha value is -1.35. The summed E-state index contributed by atoms with van der Waals surface area (Å²) in [6, 6.07) is 10.5. The van der Waals surface area contributed by atoms with Gasteiger partial charge in [0.25, 0.3) is 0 Å². The topological polar surface area (TPSA) is 41.1 Å². The van der Waals surface area contributed by atoms with Gasteiger partial charge in [-0.3, -0.25) is 4.79 Å². The van der Waals surface area contributed by atoms with Gasteiger partial charge in [0.2, 0.25) is 5.91 Å². The number of benzene rings is 1. The van der Waals surface area contributed by atoms with Crippen molar-refractivity contribution in [1.29, 1.82) is 0 Å². The van der Waals surface area contributed by atoms with Crippen molar-refractivity contribution in [1.82, 2.24) is 10.6 Å². The minimum atomic E-state index is -0.135. The van der Waals surface area contributed by atoms with E-state index in [0.717, 1.165) is 25.8 Å². The van der Waals surface area contributed by atoms with Crippen LogP contribution < -0.4 is 10.6 Å². The maximum absolute atomic E-state index is 11.9. The van der Waals surface area contributed by atoms with E-state index in [1.807, 2.05) is 25.1 Å². The molecule has 1 rings (SSSR count). The molecule has 1 amide bonds. The first kappa shape index (κ1) is 15.7. The van der Waals surface area contributed by atoms with E-state index < -0.39 is 0 Å². The van der Waals surface area contributed by atoms with Gasteiger partial charge in [-0.1, -0.05) is 44.2 Å². The molecular weight excluding hydrogens is 236 g/mol. The lowest BCUT2D eigenvalue weighted by Gasteiger charge is -2.19. The number of hydrogen-bond acceptors (Lipinski definition) is 2. The summed E-state index contributed by atoms with van der Waals surface area (Å²) >= 11 is 0. The highest BCUT2D eigenvalue weighted by Gasteiger charge is 2.14. The predicted molar refractivity (Wildman–Crippen MR) is 80.1 cm³/mol. The number of rotatable bonds is 8. The largest absolute Gasteiger partial charge is 0.352 e. The third-order valence-electron chi connectivity index (χ3n) is 3.43. The maximum atomic E-state index is 11.9. The summed E-state index contributed by atoms with van der Waals surface area (Å²) in [6.45, 7) is 6.94. The molecule has 1 unspecified atom stereocenters. The van der Waals surface area contributed by atoms with E-state index in [1.54, 1.807) is 0 Å². The summed E-state index contributed by atoms with van der Waals surface area (Å²) < 4.78 is 0. The normalized spacial score (nSPS) is 12.4. The van der Waals surface area contributed by atoms with Crippen LogP contribution in [0.25, 0.3) is 0 Å². The van der Waals surface area contributed by atoms with Gasteiger partial charge < -0.3 is 10.6 Å². The number of carbonyl (C=O) groups is 1. The van der Waals surface area contributed by atoms with E-state index in [2.05, 4.69) is 36.6 Å². The third kappa shape index (κ3) is 5.88. The van der Waals surface area contributed by atoms with Crippen LogP contribution in [-0.2, 0) is 11.2 Å². The second-order valence-electron chi connectivity index (χ2n) is 4.93. The van der Waals surface area contributed by atoms with Crippen molar-refractivity contribution in [2.24, 2.45) is 0 Å². The van der Waals surface area contributed by atoms with Crippen LogP contribution in [0.4, 0.5) is 0 Å². The van der Waals surface area contributed by atoms with Gasteiger partial charge in [0.05, 0.1) is 6.04 Å². The van der Waals surface area contributed by atoms with Gasteiger partial charge in [0.1, 0.15) is 0 Å². The summed E-state index contributed by atoms with van der Waals surface area (Å²) in [6.07, 6.45) is 2.92. The molecule has 0 bridgehead atoms. The Morgan fingerprint density at radius 2 is 1.79 bits per heavy atom. The van der Waals surface area contributed by atoms with Gasteiger partial charge in [-0.25, -0.2) is 0 Å². The average molecular weight is 262 g/mol. The molecule has 1 aromatic carbocycles. The highest BCUT2D eigenvalue weighted by molar-refractivity contribution is 5.81. The van der Waals surface area contributed by atoms with Gasteiger partial charge in [-0.15, -0.1) is 0 Å². The van der Waals surface area contributed by atoms with Crippen LogP contribution in [0.5, 0.6) is 0 Å². The second-order valence-corrected chi connectivity index (χ2v) is 4.93. The van der Waals surface area contributed by atoms with Crippen molar-refractivity contribution in [3.63, 3.8) is 0 Å². The van der Waals surface area contributed by atoms with Crippen LogP contribution >= 0.6 is 0 Å². The van der Waals surface area contributed by atoms with Crippen molar-refractivity contribution in [3.8, 4) is 0 Å². The van der Waals surface area contributed by atoms with E-state index in [4.69, 9.17) is 0 Å². The fourth-order valence-electron chi connectivity index (χ4n) is 1.99. The molecule has 0 aliphatic carbocycles. The summed E-state index contributed by atoms with van der Waals surface area (Å²) in [4.78, 5) is 11.9. The van der Waals surface area contributed by atoms with Crippen molar-refractivity contribution in [2.45, 2.75) is 52.1 Å². The molecule has 3 nitrogen and oxygen atoms in total.